The van der Waals surface area contributed by atoms with E-state index in [4.69, 9.17) is 16.3 Å². The van der Waals surface area contributed by atoms with Gasteiger partial charge in [-0.1, -0.05) is 18.5 Å². The summed E-state index contributed by atoms with van der Waals surface area (Å²) in [4.78, 5) is 1.27. The molecule has 14 heavy (non-hydrogen) atoms. The van der Waals surface area contributed by atoms with Crippen LogP contribution in [-0.4, -0.2) is 19.8 Å². The number of hydrogen-bond acceptors (Lipinski definition) is 3. The highest BCUT2D eigenvalue weighted by atomic mass is 35.5. The van der Waals surface area contributed by atoms with Crippen molar-refractivity contribution in [3.05, 3.63) is 21.3 Å². The van der Waals surface area contributed by atoms with Gasteiger partial charge in [0.05, 0.1) is 10.9 Å². The van der Waals surface area contributed by atoms with E-state index in [9.17, 15) is 0 Å². The first kappa shape index (κ1) is 12.0. The molecule has 0 radical (unpaired) electrons. The van der Waals surface area contributed by atoms with Crippen LogP contribution in [0.15, 0.2) is 12.1 Å². The van der Waals surface area contributed by atoms with E-state index in [1.807, 2.05) is 12.1 Å². The standard InChI is InChI=1S/C10H16ClNOS/c1-2-6-13-7-5-12-8-9-3-4-10(11)14-9/h3-4,12H,2,5-8H2,1H3. The Kier molecular flexibility index (Phi) is 6.19. The van der Waals surface area contributed by atoms with Gasteiger partial charge < -0.3 is 10.1 Å². The van der Waals surface area contributed by atoms with Crippen LogP contribution in [0.3, 0.4) is 0 Å². The molecule has 1 N–H and O–H groups in total. The summed E-state index contributed by atoms with van der Waals surface area (Å²) in [5.41, 5.74) is 0. The van der Waals surface area contributed by atoms with E-state index < -0.39 is 0 Å². The smallest absolute Gasteiger partial charge is 0.0931 e. The van der Waals surface area contributed by atoms with Crippen molar-refractivity contribution in [2.24, 2.45) is 0 Å². The molecule has 1 aromatic rings. The number of halogens is 1. The topological polar surface area (TPSA) is 21.3 Å². The van der Waals surface area contributed by atoms with E-state index in [1.54, 1.807) is 11.3 Å². The van der Waals surface area contributed by atoms with Gasteiger partial charge >= 0.3 is 0 Å². The zero-order valence-corrected chi connectivity index (χ0v) is 9.96. The van der Waals surface area contributed by atoms with Gasteiger partial charge in [0.1, 0.15) is 0 Å². The van der Waals surface area contributed by atoms with E-state index >= 15 is 0 Å². The van der Waals surface area contributed by atoms with Gasteiger partial charge in [-0.15, -0.1) is 11.3 Å². The van der Waals surface area contributed by atoms with Crippen molar-refractivity contribution in [1.29, 1.82) is 0 Å². The first-order valence-corrected chi connectivity index (χ1v) is 6.05. The van der Waals surface area contributed by atoms with Crippen LogP contribution in [0.1, 0.15) is 18.2 Å². The Bertz CT molecular complexity index is 252. The molecule has 0 unspecified atom stereocenters. The van der Waals surface area contributed by atoms with E-state index in [0.717, 1.165) is 37.1 Å². The number of rotatable bonds is 7. The molecule has 0 atom stereocenters. The number of hydrogen-bond donors (Lipinski definition) is 1. The molecular weight excluding hydrogens is 218 g/mol. The lowest BCUT2D eigenvalue weighted by atomic mass is 10.4. The second kappa shape index (κ2) is 7.23. The Balaban J connectivity index is 1.99. The molecule has 1 rings (SSSR count). The summed E-state index contributed by atoms with van der Waals surface area (Å²) in [7, 11) is 0. The number of ether oxygens (including phenoxy) is 1. The highest BCUT2D eigenvalue weighted by molar-refractivity contribution is 7.16. The third kappa shape index (κ3) is 4.96. The maximum Gasteiger partial charge on any atom is 0.0931 e. The first-order chi connectivity index (χ1) is 6.83. The summed E-state index contributed by atoms with van der Waals surface area (Å²) in [5, 5.41) is 3.30. The van der Waals surface area contributed by atoms with E-state index in [-0.39, 0.29) is 0 Å². The molecule has 0 bridgehead atoms. The van der Waals surface area contributed by atoms with Crippen molar-refractivity contribution >= 4 is 22.9 Å². The minimum absolute atomic E-state index is 0.785. The average Bonchev–Trinajstić information content (AvgIpc) is 2.58. The van der Waals surface area contributed by atoms with Crippen LogP contribution in [0.2, 0.25) is 4.34 Å². The van der Waals surface area contributed by atoms with Gasteiger partial charge in [0.2, 0.25) is 0 Å². The van der Waals surface area contributed by atoms with Crippen LogP contribution >= 0.6 is 22.9 Å². The lowest BCUT2D eigenvalue weighted by Crippen LogP contribution is -2.18. The highest BCUT2D eigenvalue weighted by Gasteiger charge is 1.96. The minimum atomic E-state index is 0.785. The molecule has 80 valence electrons. The summed E-state index contributed by atoms with van der Waals surface area (Å²) in [5.74, 6) is 0. The summed E-state index contributed by atoms with van der Waals surface area (Å²) in [6, 6.07) is 3.98. The highest BCUT2D eigenvalue weighted by Crippen LogP contribution is 2.20. The van der Waals surface area contributed by atoms with Gasteiger partial charge in [0, 0.05) is 24.6 Å². The van der Waals surface area contributed by atoms with Gasteiger partial charge in [-0.3, -0.25) is 0 Å². The normalized spacial score (nSPS) is 10.7. The van der Waals surface area contributed by atoms with Gasteiger partial charge in [0.25, 0.3) is 0 Å². The zero-order valence-electron chi connectivity index (χ0n) is 8.38. The van der Waals surface area contributed by atoms with Crippen LogP contribution in [0, 0.1) is 0 Å². The summed E-state index contributed by atoms with van der Waals surface area (Å²) < 4.78 is 6.19. The zero-order chi connectivity index (χ0) is 10.2. The van der Waals surface area contributed by atoms with E-state index in [0.29, 0.717) is 0 Å². The maximum absolute atomic E-state index is 5.81. The second-order valence-corrected chi connectivity index (χ2v) is 4.79. The van der Waals surface area contributed by atoms with Crippen molar-refractivity contribution in [2.45, 2.75) is 19.9 Å². The Morgan fingerprint density at radius 3 is 2.93 bits per heavy atom. The Morgan fingerprint density at radius 2 is 2.29 bits per heavy atom. The molecule has 0 amide bonds. The van der Waals surface area contributed by atoms with Crippen LogP contribution in [0.25, 0.3) is 0 Å². The molecule has 0 spiro atoms. The fourth-order valence-corrected chi connectivity index (χ4v) is 2.11. The molecule has 0 fully saturated rings. The van der Waals surface area contributed by atoms with Crippen molar-refractivity contribution in [1.82, 2.24) is 5.32 Å². The van der Waals surface area contributed by atoms with Crippen LogP contribution in [0.5, 0.6) is 0 Å². The molecule has 0 aliphatic carbocycles. The summed E-state index contributed by atoms with van der Waals surface area (Å²) >= 11 is 7.43. The average molecular weight is 234 g/mol. The van der Waals surface area contributed by atoms with Crippen molar-refractivity contribution in [3.63, 3.8) is 0 Å². The molecule has 1 aromatic heterocycles. The molecule has 0 saturated carbocycles. The second-order valence-electron chi connectivity index (χ2n) is 2.99. The van der Waals surface area contributed by atoms with Gasteiger partial charge in [-0.05, 0) is 18.6 Å². The molecule has 1 heterocycles. The lowest BCUT2D eigenvalue weighted by Gasteiger charge is -2.03. The largest absolute Gasteiger partial charge is 0.380 e. The van der Waals surface area contributed by atoms with E-state index in [2.05, 4.69) is 12.2 Å². The fraction of sp³-hybridized carbons (Fsp3) is 0.600. The third-order valence-corrected chi connectivity index (χ3v) is 2.93. The Labute approximate surface area is 94.2 Å². The number of thiophene rings is 1. The van der Waals surface area contributed by atoms with E-state index in [1.165, 1.54) is 4.88 Å². The molecule has 4 heteroatoms. The van der Waals surface area contributed by atoms with Crippen molar-refractivity contribution < 1.29 is 4.74 Å². The van der Waals surface area contributed by atoms with Crippen LogP contribution in [0.4, 0.5) is 0 Å². The van der Waals surface area contributed by atoms with Crippen molar-refractivity contribution in [2.75, 3.05) is 19.8 Å². The van der Waals surface area contributed by atoms with Crippen LogP contribution in [-0.2, 0) is 11.3 Å². The van der Waals surface area contributed by atoms with Gasteiger partial charge in [-0.2, -0.15) is 0 Å². The monoisotopic (exact) mass is 233 g/mol. The summed E-state index contributed by atoms with van der Waals surface area (Å²) in [6.45, 7) is 5.53. The molecule has 2 nitrogen and oxygen atoms in total. The summed E-state index contributed by atoms with van der Waals surface area (Å²) in [6.07, 6.45) is 1.08. The number of nitrogens with one attached hydrogen (secondary N) is 1. The maximum atomic E-state index is 5.81. The SMILES string of the molecule is CCCOCCNCc1ccc(Cl)s1. The minimum Gasteiger partial charge on any atom is -0.380 e. The molecule has 0 aromatic carbocycles. The predicted octanol–water partition coefficient (Wildman–Crippen LogP) is 2.92. The quantitative estimate of drug-likeness (QED) is 0.732. The van der Waals surface area contributed by atoms with Gasteiger partial charge in [0.15, 0.2) is 0 Å². The predicted molar refractivity (Wildman–Crippen MR) is 62.1 cm³/mol. The van der Waals surface area contributed by atoms with Crippen molar-refractivity contribution in [3.8, 4) is 0 Å². The molecule has 0 saturated heterocycles. The molecule has 0 aliphatic heterocycles. The Morgan fingerprint density at radius 1 is 1.43 bits per heavy atom. The molecular formula is C10H16ClNOS. The fourth-order valence-electron chi connectivity index (χ4n) is 1.05. The van der Waals surface area contributed by atoms with Crippen LogP contribution < -0.4 is 5.32 Å². The lowest BCUT2D eigenvalue weighted by molar-refractivity contribution is 0.136. The first-order valence-electron chi connectivity index (χ1n) is 4.85. The Hall–Kier alpha value is -0.0900. The molecule has 0 aliphatic rings. The third-order valence-electron chi connectivity index (χ3n) is 1.70. The van der Waals surface area contributed by atoms with Gasteiger partial charge in [-0.25, -0.2) is 0 Å².